The van der Waals surface area contributed by atoms with Crippen LogP contribution in [0.2, 0.25) is 0 Å². The third-order valence-corrected chi connectivity index (χ3v) is 2.32. The van der Waals surface area contributed by atoms with Crippen LogP contribution in [-0.2, 0) is 0 Å². The molecule has 0 aromatic heterocycles. The van der Waals surface area contributed by atoms with Crippen LogP contribution in [0.15, 0.2) is 0 Å². The Morgan fingerprint density at radius 3 is 2.42 bits per heavy atom. The molecule has 0 spiro atoms. The van der Waals surface area contributed by atoms with Crippen LogP contribution in [0.25, 0.3) is 0 Å². The third-order valence-electron chi connectivity index (χ3n) is 2.32. The summed E-state index contributed by atoms with van der Waals surface area (Å²) in [5.41, 5.74) is 0. The lowest BCUT2D eigenvalue weighted by Gasteiger charge is -2.26. The molecular formula is C8H10F3N. The molecule has 0 aliphatic heterocycles. The van der Waals surface area contributed by atoms with E-state index in [0.717, 1.165) is 0 Å². The number of nitrogens with zero attached hydrogens (tertiary/aromatic N) is 1. The van der Waals surface area contributed by atoms with Gasteiger partial charge in [0, 0.05) is 5.92 Å². The molecule has 1 nitrogen and oxygen atoms in total. The maximum Gasteiger partial charge on any atom is 0.391 e. The lowest BCUT2D eigenvalue weighted by atomic mass is 9.82. The third kappa shape index (κ3) is 2.13. The van der Waals surface area contributed by atoms with Crippen molar-refractivity contribution in [1.82, 2.24) is 0 Å². The molecule has 12 heavy (non-hydrogen) atoms. The molecule has 2 atom stereocenters. The topological polar surface area (TPSA) is 23.8 Å². The highest BCUT2D eigenvalue weighted by molar-refractivity contribution is 4.89. The second kappa shape index (κ2) is 3.34. The van der Waals surface area contributed by atoms with Crippen LogP contribution in [0, 0.1) is 23.2 Å². The summed E-state index contributed by atoms with van der Waals surface area (Å²) < 4.78 is 36.4. The first-order valence-electron chi connectivity index (χ1n) is 4.00. The fourth-order valence-corrected chi connectivity index (χ4v) is 1.60. The standard InChI is InChI=1S/C8H10F3N/c9-8(10,11)7-3-1-2-6(4-7)5-12/h6-7H,1-4H2. The van der Waals surface area contributed by atoms with Gasteiger partial charge in [-0.3, -0.25) is 0 Å². The fourth-order valence-electron chi connectivity index (χ4n) is 1.60. The van der Waals surface area contributed by atoms with Crippen LogP contribution < -0.4 is 0 Å². The van der Waals surface area contributed by atoms with E-state index >= 15 is 0 Å². The number of halogens is 3. The first kappa shape index (κ1) is 9.37. The van der Waals surface area contributed by atoms with Gasteiger partial charge < -0.3 is 0 Å². The van der Waals surface area contributed by atoms with Crippen molar-refractivity contribution in [2.45, 2.75) is 31.9 Å². The van der Waals surface area contributed by atoms with E-state index in [0.29, 0.717) is 12.8 Å². The van der Waals surface area contributed by atoms with Gasteiger partial charge in [0.25, 0.3) is 0 Å². The van der Waals surface area contributed by atoms with Crippen molar-refractivity contribution in [3.05, 3.63) is 0 Å². The van der Waals surface area contributed by atoms with Gasteiger partial charge in [-0.15, -0.1) is 0 Å². The predicted octanol–water partition coefficient (Wildman–Crippen LogP) is 2.88. The number of hydrogen-bond acceptors (Lipinski definition) is 1. The van der Waals surface area contributed by atoms with Crippen LogP contribution in [0.5, 0.6) is 0 Å². The Morgan fingerprint density at radius 2 is 1.92 bits per heavy atom. The number of nitriles is 1. The Morgan fingerprint density at radius 1 is 1.25 bits per heavy atom. The van der Waals surface area contributed by atoms with Crippen molar-refractivity contribution in [1.29, 1.82) is 5.26 Å². The minimum atomic E-state index is -4.10. The van der Waals surface area contributed by atoms with Gasteiger partial charge in [-0.2, -0.15) is 18.4 Å². The second-order valence-corrected chi connectivity index (χ2v) is 3.23. The van der Waals surface area contributed by atoms with E-state index in [1.165, 1.54) is 0 Å². The molecule has 0 heterocycles. The molecular weight excluding hydrogens is 167 g/mol. The van der Waals surface area contributed by atoms with Gasteiger partial charge in [-0.1, -0.05) is 6.42 Å². The van der Waals surface area contributed by atoms with E-state index in [9.17, 15) is 13.2 Å². The molecule has 0 bridgehead atoms. The Kier molecular flexibility index (Phi) is 2.61. The molecule has 68 valence electrons. The summed E-state index contributed by atoms with van der Waals surface area (Å²) in [6.45, 7) is 0. The average molecular weight is 177 g/mol. The Labute approximate surface area is 69.2 Å². The van der Waals surface area contributed by atoms with E-state index < -0.39 is 12.1 Å². The van der Waals surface area contributed by atoms with E-state index in [-0.39, 0.29) is 18.8 Å². The zero-order chi connectivity index (χ0) is 9.19. The van der Waals surface area contributed by atoms with E-state index in [1.54, 1.807) is 0 Å². The monoisotopic (exact) mass is 177 g/mol. The molecule has 2 unspecified atom stereocenters. The minimum Gasteiger partial charge on any atom is -0.198 e. The highest BCUT2D eigenvalue weighted by Gasteiger charge is 2.42. The smallest absolute Gasteiger partial charge is 0.198 e. The summed E-state index contributed by atoms with van der Waals surface area (Å²) >= 11 is 0. The van der Waals surface area contributed by atoms with Crippen LogP contribution >= 0.6 is 0 Å². The van der Waals surface area contributed by atoms with E-state index in [4.69, 9.17) is 5.26 Å². The van der Waals surface area contributed by atoms with Crippen LogP contribution in [0.4, 0.5) is 13.2 Å². The molecule has 0 aromatic carbocycles. The van der Waals surface area contributed by atoms with E-state index in [1.807, 2.05) is 6.07 Å². The van der Waals surface area contributed by atoms with Crippen LogP contribution in [-0.4, -0.2) is 6.18 Å². The van der Waals surface area contributed by atoms with Crippen molar-refractivity contribution in [3.63, 3.8) is 0 Å². The molecule has 0 aromatic rings. The molecule has 0 radical (unpaired) electrons. The fraction of sp³-hybridized carbons (Fsp3) is 0.875. The van der Waals surface area contributed by atoms with Crippen molar-refractivity contribution >= 4 is 0 Å². The molecule has 1 saturated carbocycles. The van der Waals surface area contributed by atoms with Crippen molar-refractivity contribution < 1.29 is 13.2 Å². The van der Waals surface area contributed by atoms with Gasteiger partial charge in [0.1, 0.15) is 0 Å². The summed E-state index contributed by atoms with van der Waals surface area (Å²) in [4.78, 5) is 0. The summed E-state index contributed by atoms with van der Waals surface area (Å²) in [6.07, 6.45) is -2.75. The number of alkyl halides is 3. The SMILES string of the molecule is N#CC1CCCC(C(F)(F)F)C1. The molecule has 0 N–H and O–H groups in total. The molecule has 1 aliphatic rings. The van der Waals surface area contributed by atoms with Crippen molar-refractivity contribution in [2.75, 3.05) is 0 Å². The molecule has 1 aliphatic carbocycles. The van der Waals surface area contributed by atoms with Gasteiger partial charge >= 0.3 is 6.18 Å². The first-order chi connectivity index (χ1) is 5.54. The minimum absolute atomic E-state index is 0. The number of rotatable bonds is 0. The van der Waals surface area contributed by atoms with Gasteiger partial charge in [-0.05, 0) is 19.3 Å². The highest BCUT2D eigenvalue weighted by Crippen LogP contribution is 2.39. The first-order valence-corrected chi connectivity index (χ1v) is 4.00. The summed E-state index contributed by atoms with van der Waals surface area (Å²) in [5.74, 6) is -1.62. The van der Waals surface area contributed by atoms with Crippen molar-refractivity contribution in [2.24, 2.45) is 11.8 Å². The summed E-state index contributed by atoms with van der Waals surface area (Å²) in [5, 5.41) is 8.46. The maximum atomic E-state index is 12.1. The molecule has 0 saturated heterocycles. The summed E-state index contributed by atoms with van der Waals surface area (Å²) in [7, 11) is 0. The van der Waals surface area contributed by atoms with Gasteiger partial charge in [0.2, 0.25) is 0 Å². The van der Waals surface area contributed by atoms with Crippen molar-refractivity contribution in [3.8, 4) is 6.07 Å². The van der Waals surface area contributed by atoms with Gasteiger partial charge in [0.15, 0.2) is 0 Å². The van der Waals surface area contributed by atoms with Crippen LogP contribution in [0.3, 0.4) is 0 Å². The lowest BCUT2D eigenvalue weighted by molar-refractivity contribution is -0.184. The Balaban J connectivity index is 2.53. The Hall–Kier alpha value is -0.720. The normalized spacial score (nSPS) is 31.2. The maximum absolute atomic E-state index is 12.1. The largest absolute Gasteiger partial charge is 0.391 e. The predicted molar refractivity (Wildman–Crippen MR) is 37.1 cm³/mol. The Bertz CT molecular complexity index is 191. The zero-order valence-electron chi connectivity index (χ0n) is 6.56. The van der Waals surface area contributed by atoms with Crippen LogP contribution in [0.1, 0.15) is 25.7 Å². The number of hydrogen-bond donors (Lipinski definition) is 0. The second-order valence-electron chi connectivity index (χ2n) is 3.23. The quantitative estimate of drug-likeness (QED) is 0.558. The molecule has 4 heteroatoms. The van der Waals surface area contributed by atoms with Gasteiger partial charge in [-0.25, -0.2) is 0 Å². The lowest BCUT2D eigenvalue weighted by Crippen LogP contribution is -2.28. The zero-order valence-corrected chi connectivity index (χ0v) is 6.56. The molecule has 0 amide bonds. The highest BCUT2D eigenvalue weighted by atomic mass is 19.4. The van der Waals surface area contributed by atoms with E-state index in [2.05, 4.69) is 0 Å². The average Bonchev–Trinajstić information content (AvgIpc) is 2.03. The summed E-state index contributed by atoms with van der Waals surface area (Å²) in [6, 6.07) is 1.91. The van der Waals surface area contributed by atoms with Gasteiger partial charge in [0.05, 0.1) is 12.0 Å². The molecule has 1 rings (SSSR count). The molecule has 1 fully saturated rings.